The Morgan fingerprint density at radius 3 is 2.48 bits per heavy atom. The van der Waals surface area contributed by atoms with Crippen molar-refractivity contribution in [1.82, 2.24) is 25.5 Å². The van der Waals surface area contributed by atoms with Gasteiger partial charge >= 0.3 is 0 Å². The van der Waals surface area contributed by atoms with E-state index in [0.717, 1.165) is 51.1 Å². The number of H-pyrrole nitrogens is 1. The molecule has 3 heterocycles. The molecule has 2 N–H and O–H groups in total. The zero-order chi connectivity index (χ0) is 22.0. The van der Waals surface area contributed by atoms with Crippen LogP contribution in [0.4, 0.5) is 0 Å². The fraction of sp³-hybridized carbons (Fsp3) is 0.107. The summed E-state index contributed by atoms with van der Waals surface area (Å²) >= 11 is 0. The van der Waals surface area contributed by atoms with Crippen LogP contribution in [0.15, 0.2) is 97.1 Å². The van der Waals surface area contributed by atoms with E-state index in [2.05, 4.69) is 81.3 Å². The van der Waals surface area contributed by atoms with E-state index in [4.69, 9.17) is 4.98 Å². The maximum atomic E-state index is 5.12. The van der Waals surface area contributed by atoms with Crippen molar-refractivity contribution in [2.24, 2.45) is 0 Å². The van der Waals surface area contributed by atoms with Gasteiger partial charge in [-0.2, -0.15) is 5.10 Å². The Kier molecular flexibility index (Phi) is 4.92. The summed E-state index contributed by atoms with van der Waals surface area (Å²) in [5.74, 6) is 0. The van der Waals surface area contributed by atoms with E-state index in [1.54, 1.807) is 6.20 Å². The molecule has 1 fully saturated rings. The molecule has 0 saturated heterocycles. The maximum absolute atomic E-state index is 5.12. The van der Waals surface area contributed by atoms with Gasteiger partial charge in [-0.3, -0.25) is 10.1 Å². The Morgan fingerprint density at radius 1 is 0.879 bits per heavy atom. The van der Waals surface area contributed by atoms with E-state index in [9.17, 15) is 0 Å². The Bertz CT molecular complexity index is 1430. The van der Waals surface area contributed by atoms with Gasteiger partial charge in [-0.25, -0.2) is 4.98 Å². The first-order valence-corrected chi connectivity index (χ1v) is 11.2. The first kappa shape index (κ1) is 19.4. The molecule has 5 aromatic rings. The molecular weight excluding hydrogens is 406 g/mol. The van der Waals surface area contributed by atoms with Crippen molar-refractivity contribution >= 4 is 10.9 Å². The van der Waals surface area contributed by atoms with Gasteiger partial charge in [-0.05, 0) is 42.3 Å². The Hall–Kier alpha value is -4.25. The molecule has 1 saturated carbocycles. The predicted octanol–water partition coefficient (Wildman–Crippen LogP) is 6.12. The molecule has 0 amide bonds. The minimum atomic E-state index is 0.834. The van der Waals surface area contributed by atoms with E-state index in [-0.39, 0.29) is 0 Å². The van der Waals surface area contributed by atoms with Crippen LogP contribution in [0.2, 0.25) is 0 Å². The summed E-state index contributed by atoms with van der Waals surface area (Å²) in [7, 11) is 0. The van der Waals surface area contributed by atoms with Gasteiger partial charge in [0.25, 0.3) is 0 Å². The lowest BCUT2D eigenvalue weighted by Crippen LogP contribution is -2.04. The smallest absolute Gasteiger partial charge is 0.0827 e. The molecule has 0 atom stereocenters. The van der Waals surface area contributed by atoms with Crippen LogP contribution >= 0.6 is 0 Å². The van der Waals surface area contributed by atoms with E-state index >= 15 is 0 Å². The highest BCUT2D eigenvalue weighted by Gasteiger charge is 2.15. The monoisotopic (exact) mass is 429 g/mol. The van der Waals surface area contributed by atoms with E-state index in [1.165, 1.54) is 24.0 Å². The van der Waals surface area contributed by atoms with Crippen molar-refractivity contribution in [3.63, 3.8) is 0 Å². The van der Waals surface area contributed by atoms with Crippen molar-refractivity contribution in [3.05, 3.63) is 103 Å². The van der Waals surface area contributed by atoms with Gasteiger partial charge in [0.1, 0.15) is 0 Å². The van der Waals surface area contributed by atoms with Gasteiger partial charge in [0.05, 0.1) is 23.1 Å². The van der Waals surface area contributed by atoms with Crippen LogP contribution in [0, 0.1) is 0 Å². The van der Waals surface area contributed by atoms with Crippen molar-refractivity contribution in [2.75, 3.05) is 0 Å². The second-order valence-corrected chi connectivity index (χ2v) is 8.34. The van der Waals surface area contributed by atoms with E-state index in [0.29, 0.717) is 0 Å². The summed E-state index contributed by atoms with van der Waals surface area (Å²) in [5.41, 5.74) is 9.79. The molecule has 0 aliphatic heterocycles. The lowest BCUT2D eigenvalue weighted by Gasteiger charge is -2.13. The number of aromatic nitrogens is 4. The van der Waals surface area contributed by atoms with Gasteiger partial charge < -0.3 is 5.32 Å². The van der Waals surface area contributed by atoms with Gasteiger partial charge in [0, 0.05) is 41.0 Å². The summed E-state index contributed by atoms with van der Waals surface area (Å²) in [6.45, 7) is 0.834. The summed E-state index contributed by atoms with van der Waals surface area (Å²) in [4.78, 5) is 9.75. The Morgan fingerprint density at radius 2 is 1.73 bits per heavy atom. The average molecular weight is 430 g/mol. The number of fused-ring (bicyclic) bond motifs is 1. The van der Waals surface area contributed by atoms with Gasteiger partial charge in [-0.15, -0.1) is 0 Å². The highest BCUT2D eigenvalue weighted by Crippen LogP contribution is 2.36. The number of benzene rings is 2. The minimum Gasteiger partial charge on any atom is -0.387 e. The van der Waals surface area contributed by atoms with Gasteiger partial charge in [0.15, 0.2) is 0 Å². The quantitative estimate of drug-likeness (QED) is 0.341. The molecule has 160 valence electrons. The summed E-state index contributed by atoms with van der Waals surface area (Å²) in [5, 5.41) is 11.4. The molecule has 0 bridgehead atoms. The third-order valence-corrected chi connectivity index (χ3v) is 5.98. The molecule has 0 spiro atoms. The van der Waals surface area contributed by atoms with E-state index in [1.807, 2.05) is 24.5 Å². The third-order valence-electron chi connectivity index (χ3n) is 5.98. The van der Waals surface area contributed by atoms with Crippen LogP contribution in [0.1, 0.15) is 18.4 Å². The Balaban J connectivity index is 1.46. The number of pyridine rings is 2. The number of allylic oxidation sites excluding steroid dienone is 1. The number of nitrogens with one attached hydrogen (secondary N) is 2. The van der Waals surface area contributed by atoms with Crippen LogP contribution in [0.5, 0.6) is 0 Å². The first-order valence-electron chi connectivity index (χ1n) is 11.2. The summed E-state index contributed by atoms with van der Waals surface area (Å²) in [6.07, 6.45) is 10.1. The molecule has 5 nitrogen and oxygen atoms in total. The topological polar surface area (TPSA) is 66.5 Å². The highest BCUT2D eigenvalue weighted by atomic mass is 15.1. The molecular formula is C28H23N5. The Labute approximate surface area is 192 Å². The zero-order valence-corrected chi connectivity index (χ0v) is 18.1. The molecule has 1 aliphatic carbocycles. The molecule has 2 aromatic carbocycles. The second kappa shape index (κ2) is 8.36. The van der Waals surface area contributed by atoms with Crippen molar-refractivity contribution in [1.29, 1.82) is 0 Å². The average Bonchev–Trinajstić information content (AvgIpc) is 3.53. The summed E-state index contributed by atoms with van der Waals surface area (Å²) < 4.78 is 0. The van der Waals surface area contributed by atoms with Crippen LogP contribution < -0.4 is 5.32 Å². The number of rotatable bonds is 6. The zero-order valence-electron chi connectivity index (χ0n) is 18.1. The standard InChI is InChI=1S/C28H23N5/c1-2-4-21(5-3-1)24-14-25-26(12-13-30-27(25)23-17-31-32-18-23)33-28(24)22-10-8-20(9-11-22)16-29-15-19-6-7-19/h1-5,8-15,17-18,29H,6-7,16H2,(H,31,32). The van der Waals surface area contributed by atoms with Gasteiger partial charge in [-0.1, -0.05) is 60.2 Å². The number of aromatic amines is 1. The summed E-state index contributed by atoms with van der Waals surface area (Å²) in [6, 6.07) is 23.3. The molecule has 6 rings (SSSR count). The molecule has 3 aromatic heterocycles. The second-order valence-electron chi connectivity index (χ2n) is 8.34. The van der Waals surface area contributed by atoms with Crippen LogP contribution in [0.25, 0.3) is 44.5 Å². The minimum absolute atomic E-state index is 0.834. The molecule has 1 aliphatic rings. The van der Waals surface area contributed by atoms with Crippen LogP contribution in [-0.4, -0.2) is 20.2 Å². The largest absolute Gasteiger partial charge is 0.387 e. The molecule has 0 radical (unpaired) electrons. The lowest BCUT2D eigenvalue weighted by molar-refractivity contribution is 0.867. The fourth-order valence-corrected chi connectivity index (χ4v) is 4.07. The van der Waals surface area contributed by atoms with Crippen LogP contribution in [-0.2, 0) is 6.54 Å². The fourth-order valence-electron chi connectivity index (χ4n) is 4.07. The third kappa shape index (κ3) is 4.01. The highest BCUT2D eigenvalue weighted by molar-refractivity contribution is 5.98. The predicted molar refractivity (Wildman–Crippen MR) is 132 cm³/mol. The first-order chi connectivity index (χ1) is 16.3. The molecule has 5 heteroatoms. The maximum Gasteiger partial charge on any atom is 0.0827 e. The molecule has 0 unspecified atom stereocenters. The molecule has 33 heavy (non-hydrogen) atoms. The lowest BCUT2D eigenvalue weighted by atomic mass is 9.96. The number of hydrogen-bond donors (Lipinski definition) is 2. The SMILES string of the molecule is C(NCc1ccc(-c2nc3ccnc(-c4cn[nH]c4)c3cc2-c2ccccc2)cc1)=C1CC1. The normalized spacial score (nSPS) is 12.7. The van der Waals surface area contributed by atoms with Crippen LogP contribution in [0.3, 0.4) is 0 Å². The van der Waals surface area contributed by atoms with E-state index < -0.39 is 0 Å². The van der Waals surface area contributed by atoms with Crippen molar-refractivity contribution in [2.45, 2.75) is 19.4 Å². The number of hydrogen-bond acceptors (Lipinski definition) is 4. The number of nitrogens with zero attached hydrogens (tertiary/aromatic N) is 3. The van der Waals surface area contributed by atoms with Crippen molar-refractivity contribution in [3.8, 4) is 33.6 Å². The van der Waals surface area contributed by atoms with Crippen molar-refractivity contribution < 1.29 is 0 Å². The van der Waals surface area contributed by atoms with Gasteiger partial charge in [0.2, 0.25) is 0 Å².